The molecule has 16 heavy (non-hydrogen) atoms. The van der Waals surface area contributed by atoms with E-state index in [1.165, 1.54) is 6.07 Å². The van der Waals surface area contributed by atoms with Crippen LogP contribution >= 0.6 is 0 Å². The summed E-state index contributed by atoms with van der Waals surface area (Å²) in [6.07, 6.45) is 4.43. The zero-order chi connectivity index (χ0) is 11.5. The molecule has 0 aliphatic carbocycles. The lowest BCUT2D eigenvalue weighted by molar-refractivity contribution is 0.616. The molecule has 1 atom stereocenters. The molecule has 4 heteroatoms. The fraction of sp³-hybridized carbons (Fsp3) is 0.167. The summed E-state index contributed by atoms with van der Waals surface area (Å²) in [6, 6.07) is 4.70. The molecule has 2 aromatic rings. The highest BCUT2D eigenvalue weighted by Gasteiger charge is 2.12. The number of rotatable bonds is 2. The second-order valence-electron chi connectivity index (χ2n) is 3.59. The lowest BCUT2D eigenvalue weighted by Crippen LogP contribution is -2.14. The topological polar surface area (TPSA) is 51.8 Å². The number of nitrogens with zero attached hydrogens (tertiary/aromatic N) is 2. The zero-order valence-corrected chi connectivity index (χ0v) is 8.89. The van der Waals surface area contributed by atoms with Gasteiger partial charge in [-0.05, 0) is 30.2 Å². The van der Waals surface area contributed by atoms with Crippen molar-refractivity contribution in [3.8, 4) is 0 Å². The van der Waals surface area contributed by atoms with Gasteiger partial charge in [-0.2, -0.15) is 0 Å². The van der Waals surface area contributed by atoms with Gasteiger partial charge in [0, 0.05) is 18.1 Å². The van der Waals surface area contributed by atoms with Gasteiger partial charge < -0.3 is 5.73 Å². The number of hydrogen-bond donors (Lipinski definition) is 1. The second kappa shape index (κ2) is 4.37. The maximum absolute atomic E-state index is 13.0. The summed E-state index contributed by atoms with van der Waals surface area (Å²) in [5.41, 5.74) is 8.42. The van der Waals surface area contributed by atoms with Crippen molar-refractivity contribution in [2.24, 2.45) is 5.73 Å². The molecule has 0 bridgehead atoms. The molecule has 0 saturated heterocycles. The van der Waals surface area contributed by atoms with Gasteiger partial charge >= 0.3 is 0 Å². The molecule has 0 fully saturated rings. The largest absolute Gasteiger partial charge is 0.320 e. The first kappa shape index (κ1) is 10.7. The van der Waals surface area contributed by atoms with Crippen molar-refractivity contribution in [2.75, 3.05) is 0 Å². The Kier molecular flexibility index (Phi) is 2.92. The summed E-state index contributed by atoms with van der Waals surface area (Å²) < 4.78 is 13.0. The Morgan fingerprint density at radius 3 is 2.88 bits per heavy atom. The van der Waals surface area contributed by atoms with Crippen LogP contribution < -0.4 is 5.73 Å². The summed E-state index contributed by atoms with van der Waals surface area (Å²) in [4.78, 5) is 7.94. The third kappa shape index (κ3) is 2.06. The highest BCUT2D eigenvalue weighted by molar-refractivity contribution is 5.31. The lowest BCUT2D eigenvalue weighted by Gasteiger charge is -2.13. The molecule has 0 spiro atoms. The molecule has 2 N–H and O–H groups in total. The summed E-state index contributed by atoms with van der Waals surface area (Å²) in [5, 5.41) is 0. The molecule has 0 aliphatic heterocycles. The average Bonchev–Trinajstić information content (AvgIpc) is 2.29. The van der Waals surface area contributed by atoms with Gasteiger partial charge in [0.15, 0.2) is 0 Å². The van der Waals surface area contributed by atoms with Gasteiger partial charge in [0.1, 0.15) is 5.82 Å². The highest BCUT2D eigenvalue weighted by atomic mass is 19.1. The van der Waals surface area contributed by atoms with E-state index in [-0.39, 0.29) is 5.82 Å². The van der Waals surface area contributed by atoms with Gasteiger partial charge in [-0.1, -0.05) is 6.07 Å². The molecule has 0 saturated carbocycles. The Balaban J connectivity index is 2.39. The lowest BCUT2D eigenvalue weighted by atomic mass is 10.0. The Hall–Kier alpha value is -1.81. The molecule has 0 aliphatic rings. The van der Waals surface area contributed by atoms with Crippen molar-refractivity contribution >= 4 is 0 Å². The molecule has 0 aromatic carbocycles. The zero-order valence-electron chi connectivity index (χ0n) is 8.89. The molecular formula is C12H12FN3. The minimum Gasteiger partial charge on any atom is -0.320 e. The maximum atomic E-state index is 13.0. The van der Waals surface area contributed by atoms with E-state index in [0.29, 0.717) is 5.56 Å². The van der Waals surface area contributed by atoms with Crippen LogP contribution in [0.4, 0.5) is 4.39 Å². The number of halogens is 1. The van der Waals surface area contributed by atoms with Crippen molar-refractivity contribution in [3.05, 3.63) is 59.4 Å². The molecule has 3 nitrogen and oxygen atoms in total. The molecule has 0 radical (unpaired) electrons. The third-order valence-corrected chi connectivity index (χ3v) is 2.47. The molecule has 2 rings (SSSR count). The fourth-order valence-electron chi connectivity index (χ4n) is 1.60. The number of pyridine rings is 2. The number of hydrogen-bond acceptors (Lipinski definition) is 3. The van der Waals surface area contributed by atoms with Crippen LogP contribution in [-0.2, 0) is 0 Å². The smallest absolute Gasteiger partial charge is 0.141 e. The van der Waals surface area contributed by atoms with E-state index in [4.69, 9.17) is 5.73 Å². The van der Waals surface area contributed by atoms with Gasteiger partial charge in [0.05, 0.1) is 12.2 Å². The standard InChI is InChI=1S/C12H12FN3/c1-8-11(3-2-4-16-8)12(14)9-5-10(13)7-15-6-9/h2-7,12H,14H2,1H3. The van der Waals surface area contributed by atoms with Crippen molar-refractivity contribution in [1.82, 2.24) is 9.97 Å². The van der Waals surface area contributed by atoms with Crippen LogP contribution in [0.2, 0.25) is 0 Å². The first-order chi connectivity index (χ1) is 7.68. The van der Waals surface area contributed by atoms with Crippen LogP contribution in [0.25, 0.3) is 0 Å². The average molecular weight is 217 g/mol. The van der Waals surface area contributed by atoms with Gasteiger partial charge in [-0.25, -0.2) is 4.39 Å². The van der Waals surface area contributed by atoms with E-state index in [0.717, 1.165) is 17.5 Å². The Bertz CT molecular complexity index is 499. The maximum Gasteiger partial charge on any atom is 0.141 e. The molecule has 1 unspecified atom stereocenters. The molecular weight excluding hydrogens is 205 g/mol. The third-order valence-electron chi connectivity index (χ3n) is 2.47. The minimum atomic E-state index is -0.392. The summed E-state index contributed by atoms with van der Waals surface area (Å²) in [7, 11) is 0. The predicted octanol–water partition coefficient (Wildman–Crippen LogP) is 1.97. The predicted molar refractivity (Wildman–Crippen MR) is 59.2 cm³/mol. The Morgan fingerprint density at radius 2 is 2.19 bits per heavy atom. The van der Waals surface area contributed by atoms with E-state index in [1.807, 2.05) is 19.1 Å². The van der Waals surface area contributed by atoms with E-state index >= 15 is 0 Å². The van der Waals surface area contributed by atoms with Crippen molar-refractivity contribution in [2.45, 2.75) is 13.0 Å². The van der Waals surface area contributed by atoms with Gasteiger partial charge in [0.25, 0.3) is 0 Å². The van der Waals surface area contributed by atoms with Gasteiger partial charge in [-0.3, -0.25) is 9.97 Å². The second-order valence-corrected chi connectivity index (χ2v) is 3.59. The van der Waals surface area contributed by atoms with Crippen LogP contribution in [0.15, 0.2) is 36.8 Å². The van der Waals surface area contributed by atoms with Crippen molar-refractivity contribution < 1.29 is 4.39 Å². The highest BCUT2D eigenvalue weighted by Crippen LogP contribution is 2.20. The monoisotopic (exact) mass is 217 g/mol. The molecule has 2 aromatic heterocycles. The number of aromatic nitrogens is 2. The number of nitrogens with two attached hydrogens (primary N) is 1. The summed E-state index contributed by atoms with van der Waals surface area (Å²) in [5.74, 6) is -0.380. The van der Waals surface area contributed by atoms with Crippen LogP contribution in [0.3, 0.4) is 0 Å². The van der Waals surface area contributed by atoms with Crippen LogP contribution in [-0.4, -0.2) is 9.97 Å². The van der Waals surface area contributed by atoms with Gasteiger partial charge in [0.2, 0.25) is 0 Å². The van der Waals surface area contributed by atoms with E-state index in [2.05, 4.69) is 9.97 Å². The van der Waals surface area contributed by atoms with Gasteiger partial charge in [-0.15, -0.1) is 0 Å². The molecule has 2 heterocycles. The normalized spacial score (nSPS) is 12.4. The minimum absolute atomic E-state index is 0.380. The van der Waals surface area contributed by atoms with Crippen molar-refractivity contribution in [3.63, 3.8) is 0 Å². The Labute approximate surface area is 93.2 Å². The van der Waals surface area contributed by atoms with E-state index in [9.17, 15) is 4.39 Å². The Morgan fingerprint density at radius 1 is 1.38 bits per heavy atom. The number of aryl methyl sites for hydroxylation is 1. The van der Waals surface area contributed by atoms with E-state index < -0.39 is 6.04 Å². The van der Waals surface area contributed by atoms with Crippen molar-refractivity contribution in [1.29, 1.82) is 0 Å². The fourth-order valence-corrected chi connectivity index (χ4v) is 1.60. The van der Waals surface area contributed by atoms with Crippen LogP contribution in [0.5, 0.6) is 0 Å². The van der Waals surface area contributed by atoms with E-state index in [1.54, 1.807) is 12.4 Å². The first-order valence-electron chi connectivity index (χ1n) is 4.96. The first-order valence-corrected chi connectivity index (χ1v) is 4.96. The molecule has 0 amide bonds. The quantitative estimate of drug-likeness (QED) is 0.836. The van der Waals surface area contributed by atoms with Crippen LogP contribution in [0, 0.1) is 12.7 Å². The molecule has 82 valence electrons. The van der Waals surface area contributed by atoms with Crippen LogP contribution in [0.1, 0.15) is 22.9 Å². The summed E-state index contributed by atoms with van der Waals surface area (Å²) >= 11 is 0. The SMILES string of the molecule is Cc1ncccc1C(N)c1cncc(F)c1. The summed E-state index contributed by atoms with van der Waals surface area (Å²) in [6.45, 7) is 1.88.